The molecule has 0 aliphatic heterocycles. The van der Waals surface area contributed by atoms with Crippen molar-refractivity contribution in [2.75, 3.05) is 0 Å². The molecule has 0 saturated carbocycles. The van der Waals surface area contributed by atoms with Crippen molar-refractivity contribution < 1.29 is 19.1 Å². The molecule has 0 fully saturated rings. The molecule has 0 radical (unpaired) electrons. The Labute approximate surface area is 267 Å². The van der Waals surface area contributed by atoms with Gasteiger partial charge in [0.25, 0.3) is 0 Å². The first-order valence-corrected chi connectivity index (χ1v) is 15.4. The monoisotopic (exact) mass is 616 g/mol. The molecule has 1 unspecified atom stereocenters. The highest BCUT2D eigenvalue weighted by molar-refractivity contribution is 6.33. The maximum absolute atomic E-state index is 13.7. The zero-order chi connectivity index (χ0) is 32.5. The van der Waals surface area contributed by atoms with Crippen LogP contribution in [0.4, 0.5) is 0 Å². The van der Waals surface area contributed by atoms with Crippen molar-refractivity contribution in [2.24, 2.45) is 11.3 Å². The van der Waals surface area contributed by atoms with Crippen molar-refractivity contribution in [1.29, 1.82) is 0 Å². The fraction of sp³-hybridized carbons (Fsp3) is 0.378. The summed E-state index contributed by atoms with van der Waals surface area (Å²) < 4.78 is 5.54. The quantitative estimate of drug-likeness (QED) is 0.213. The maximum atomic E-state index is 13.7. The lowest BCUT2D eigenvalue weighted by Gasteiger charge is -2.32. The number of allylic oxidation sites excluding steroid dienone is 1. The fourth-order valence-electron chi connectivity index (χ4n) is 4.78. The third-order valence-electron chi connectivity index (χ3n) is 7.09. The van der Waals surface area contributed by atoms with Crippen LogP contribution in [0.1, 0.15) is 78.5 Å². The summed E-state index contributed by atoms with van der Waals surface area (Å²) >= 11 is 6.59. The van der Waals surface area contributed by atoms with E-state index in [4.69, 9.17) is 16.3 Å². The summed E-state index contributed by atoms with van der Waals surface area (Å²) in [5, 5.41) is 6.60. The molecule has 3 atom stereocenters. The second-order valence-corrected chi connectivity index (χ2v) is 13.6. The van der Waals surface area contributed by atoms with Gasteiger partial charge in [-0.1, -0.05) is 117 Å². The lowest BCUT2D eigenvalue weighted by Crippen LogP contribution is -2.55. The number of carbonyl (C=O) groups excluding carboxylic acids is 3. The first kappa shape index (κ1) is 34.6. The second kappa shape index (κ2) is 15.2. The Morgan fingerprint density at radius 3 is 2.02 bits per heavy atom. The zero-order valence-corrected chi connectivity index (χ0v) is 27.6. The van der Waals surface area contributed by atoms with Gasteiger partial charge in [-0.05, 0) is 62.3 Å². The number of hydrogen-bond acceptors (Lipinski definition) is 4. The smallest absolute Gasteiger partial charge is 0.307 e. The molecule has 2 N–H and O–H groups in total. The number of ether oxygens (including phenoxy) is 1. The molecule has 0 aliphatic carbocycles. The molecular weight excluding hydrogens is 572 g/mol. The Bertz CT molecular complexity index is 1440. The molecule has 0 spiro atoms. The molecule has 0 bridgehead atoms. The Hall–Kier alpha value is -3.90. The number of esters is 1. The largest absolute Gasteiger partial charge is 0.460 e. The van der Waals surface area contributed by atoms with E-state index < -0.39 is 28.9 Å². The van der Waals surface area contributed by atoms with Gasteiger partial charge in [-0.25, -0.2) is 0 Å². The van der Waals surface area contributed by atoms with Crippen LogP contribution in [0.3, 0.4) is 0 Å². The Kier molecular flexibility index (Phi) is 12.0. The highest BCUT2D eigenvalue weighted by atomic mass is 35.5. The Balaban J connectivity index is 1.78. The molecule has 44 heavy (non-hydrogen) atoms. The van der Waals surface area contributed by atoms with E-state index in [0.717, 1.165) is 22.3 Å². The fourth-order valence-corrected chi connectivity index (χ4v) is 5.08. The Morgan fingerprint density at radius 1 is 0.841 bits per heavy atom. The highest BCUT2D eigenvalue weighted by Crippen LogP contribution is 2.29. The van der Waals surface area contributed by atoms with Gasteiger partial charge < -0.3 is 15.4 Å². The standard InChI is InChI=1S/C37H45ClN2O4/c1-25(27-16-10-8-11-17-27)39-35(43)33(36(2,3)4)40-34(42)29(24-32(41)44-37(5,6)7)20-14-15-26-21-22-30(31(38)23-26)28-18-12-9-13-19-28/h8-19,21-23,25,29,33H,20,24H2,1-7H3,(H,39,43)(H,40,42)/t25?,29-,33-/m1/s1. The molecule has 6 nitrogen and oxygen atoms in total. The number of hydrogen-bond donors (Lipinski definition) is 2. The van der Waals surface area contributed by atoms with Crippen molar-refractivity contribution >= 4 is 35.5 Å². The van der Waals surface area contributed by atoms with Gasteiger partial charge in [-0.15, -0.1) is 0 Å². The molecule has 3 aromatic carbocycles. The summed E-state index contributed by atoms with van der Waals surface area (Å²) in [4.78, 5) is 40.0. The van der Waals surface area contributed by atoms with E-state index in [1.807, 2.05) is 119 Å². The normalized spacial score (nSPS) is 14.0. The van der Waals surface area contributed by atoms with Gasteiger partial charge in [0.1, 0.15) is 11.6 Å². The van der Waals surface area contributed by atoms with E-state index in [1.165, 1.54) is 0 Å². The highest BCUT2D eigenvalue weighted by Gasteiger charge is 2.35. The van der Waals surface area contributed by atoms with Crippen LogP contribution >= 0.6 is 11.6 Å². The summed E-state index contributed by atoms with van der Waals surface area (Å²) in [5.41, 5.74) is 2.52. The lowest BCUT2D eigenvalue weighted by atomic mass is 9.85. The maximum Gasteiger partial charge on any atom is 0.307 e. The molecule has 234 valence electrons. The van der Waals surface area contributed by atoms with Crippen LogP contribution in [-0.2, 0) is 19.1 Å². The lowest BCUT2D eigenvalue weighted by molar-refractivity contribution is -0.157. The minimum atomic E-state index is -0.824. The minimum Gasteiger partial charge on any atom is -0.460 e. The van der Waals surface area contributed by atoms with Crippen LogP contribution in [0.2, 0.25) is 5.02 Å². The van der Waals surface area contributed by atoms with Gasteiger partial charge in [-0.3, -0.25) is 14.4 Å². The molecule has 0 heterocycles. The summed E-state index contributed by atoms with van der Waals surface area (Å²) in [5.74, 6) is -1.90. The average molecular weight is 617 g/mol. The molecule has 3 aromatic rings. The van der Waals surface area contributed by atoms with Crippen LogP contribution in [0, 0.1) is 11.3 Å². The number of halogens is 1. The summed E-state index contributed by atoms with van der Waals surface area (Å²) in [7, 11) is 0. The molecule has 0 aromatic heterocycles. The van der Waals surface area contributed by atoms with E-state index in [-0.39, 0.29) is 30.7 Å². The summed E-state index contributed by atoms with van der Waals surface area (Å²) in [6, 6.07) is 24.3. The first-order chi connectivity index (χ1) is 20.6. The summed E-state index contributed by atoms with van der Waals surface area (Å²) in [6.45, 7) is 13.0. The number of benzene rings is 3. The van der Waals surface area contributed by atoms with Crippen molar-refractivity contribution in [3.05, 3.63) is 101 Å². The van der Waals surface area contributed by atoms with Crippen LogP contribution < -0.4 is 10.6 Å². The molecule has 2 amide bonds. The molecule has 3 rings (SSSR count). The topological polar surface area (TPSA) is 84.5 Å². The second-order valence-electron chi connectivity index (χ2n) is 13.2. The van der Waals surface area contributed by atoms with E-state index in [2.05, 4.69) is 10.6 Å². The molecular formula is C37H45ClN2O4. The van der Waals surface area contributed by atoms with Crippen molar-refractivity contribution in [2.45, 2.75) is 79.0 Å². The van der Waals surface area contributed by atoms with Gasteiger partial charge in [0.05, 0.1) is 18.4 Å². The van der Waals surface area contributed by atoms with E-state index in [0.29, 0.717) is 5.02 Å². The van der Waals surface area contributed by atoms with E-state index in [9.17, 15) is 14.4 Å². The van der Waals surface area contributed by atoms with Crippen LogP contribution in [0.15, 0.2) is 84.9 Å². The van der Waals surface area contributed by atoms with Gasteiger partial charge in [0.15, 0.2) is 0 Å². The third kappa shape index (κ3) is 10.7. The molecule has 0 aliphatic rings. The van der Waals surface area contributed by atoms with Crippen molar-refractivity contribution in [1.82, 2.24) is 10.6 Å². The third-order valence-corrected chi connectivity index (χ3v) is 7.40. The van der Waals surface area contributed by atoms with Crippen molar-refractivity contribution in [3.63, 3.8) is 0 Å². The average Bonchev–Trinajstić information content (AvgIpc) is 2.94. The van der Waals surface area contributed by atoms with E-state index in [1.54, 1.807) is 20.8 Å². The number of amides is 2. The van der Waals surface area contributed by atoms with Gasteiger partial charge in [0.2, 0.25) is 11.8 Å². The SMILES string of the molecule is CC(NC(=O)[C@@H](NC(=O)[C@H](CC=Cc1ccc(-c2ccccc2)c(Cl)c1)CC(=O)OC(C)(C)C)C(C)(C)C)c1ccccc1. The number of rotatable bonds is 11. The van der Waals surface area contributed by atoms with Crippen LogP contribution in [0.25, 0.3) is 17.2 Å². The first-order valence-electron chi connectivity index (χ1n) is 15.0. The van der Waals surface area contributed by atoms with Crippen LogP contribution in [-0.4, -0.2) is 29.4 Å². The Morgan fingerprint density at radius 2 is 1.45 bits per heavy atom. The zero-order valence-electron chi connectivity index (χ0n) is 26.8. The van der Waals surface area contributed by atoms with E-state index >= 15 is 0 Å². The van der Waals surface area contributed by atoms with Gasteiger partial charge >= 0.3 is 5.97 Å². The van der Waals surface area contributed by atoms with Gasteiger partial charge in [-0.2, -0.15) is 0 Å². The molecule has 7 heteroatoms. The van der Waals surface area contributed by atoms with Crippen LogP contribution in [0.5, 0.6) is 0 Å². The minimum absolute atomic E-state index is 0.125. The number of nitrogens with one attached hydrogen (secondary N) is 2. The summed E-state index contributed by atoms with van der Waals surface area (Å²) in [6.07, 6.45) is 3.87. The van der Waals surface area contributed by atoms with Gasteiger partial charge in [0, 0.05) is 10.6 Å². The number of carbonyl (C=O) groups is 3. The van der Waals surface area contributed by atoms with Crippen molar-refractivity contribution in [3.8, 4) is 11.1 Å². The predicted molar refractivity (Wildman–Crippen MR) is 179 cm³/mol. The molecule has 0 saturated heterocycles. The predicted octanol–water partition coefficient (Wildman–Crippen LogP) is 8.17.